The van der Waals surface area contributed by atoms with E-state index in [4.69, 9.17) is 0 Å². The van der Waals surface area contributed by atoms with E-state index in [-0.39, 0.29) is 24.7 Å². The largest absolute Gasteiger partial charge is 0.392 e. The average molecular weight is 522 g/mol. The predicted octanol–water partition coefficient (Wildman–Crippen LogP) is 2.50. The van der Waals surface area contributed by atoms with Gasteiger partial charge in [-0.1, -0.05) is 24.3 Å². The van der Waals surface area contributed by atoms with E-state index in [9.17, 15) is 19.1 Å². The number of hydrogen-bond acceptors (Lipinski definition) is 4. The van der Waals surface area contributed by atoms with Crippen molar-refractivity contribution in [2.24, 2.45) is 4.99 Å². The van der Waals surface area contributed by atoms with Crippen LogP contribution in [0.5, 0.6) is 0 Å². The highest BCUT2D eigenvalue weighted by Crippen LogP contribution is 2.20. The third kappa shape index (κ3) is 4.85. The maximum absolute atomic E-state index is 14.7. The van der Waals surface area contributed by atoms with Gasteiger partial charge in [-0.2, -0.15) is 0 Å². The van der Waals surface area contributed by atoms with Crippen LogP contribution in [0.4, 0.5) is 10.2 Å². The van der Waals surface area contributed by atoms with Crippen LogP contribution in [0.15, 0.2) is 63.1 Å². The molecule has 7 nitrogen and oxygen atoms in total. The molecule has 3 aromatic rings. The van der Waals surface area contributed by atoms with E-state index in [1.54, 1.807) is 49.3 Å². The lowest BCUT2D eigenvalue weighted by Crippen LogP contribution is -2.39. The van der Waals surface area contributed by atoms with Crippen LogP contribution in [0.1, 0.15) is 11.1 Å². The summed E-state index contributed by atoms with van der Waals surface area (Å²) in [6.45, 7) is -0.0925. The van der Waals surface area contributed by atoms with Crippen molar-refractivity contribution in [2.75, 3.05) is 14.1 Å². The van der Waals surface area contributed by atoms with Gasteiger partial charge in [-0.15, -0.1) is 0 Å². The first-order valence-electron chi connectivity index (χ1n) is 9.01. The first-order valence-corrected chi connectivity index (χ1v) is 10.1. The number of aliphatic imine (C=N–C) groups is 1. The summed E-state index contributed by atoms with van der Waals surface area (Å²) in [5.41, 5.74) is 0.193. The van der Waals surface area contributed by atoms with Crippen molar-refractivity contribution in [3.63, 3.8) is 0 Å². The molecule has 0 aliphatic heterocycles. The molecule has 0 spiro atoms. The number of halogens is 2. The van der Waals surface area contributed by atoms with Crippen molar-refractivity contribution in [3.8, 4) is 5.69 Å². The molecule has 0 fully saturated rings. The van der Waals surface area contributed by atoms with E-state index >= 15 is 0 Å². The molecule has 0 radical (unpaired) electrons. The molecule has 0 aliphatic carbocycles. The fourth-order valence-electron chi connectivity index (χ4n) is 2.80. The molecule has 2 aromatic carbocycles. The lowest BCUT2D eigenvalue weighted by Gasteiger charge is -2.14. The van der Waals surface area contributed by atoms with Crippen LogP contribution >= 0.6 is 22.6 Å². The highest BCUT2D eigenvalue weighted by atomic mass is 127. The molecular formula is C21H20FIN4O3. The lowest BCUT2D eigenvalue weighted by molar-refractivity contribution is 0.282. The molecule has 0 aliphatic rings. The minimum atomic E-state index is -0.695. The Bertz CT molecular complexity index is 1200. The number of rotatable bonds is 6. The maximum Gasteiger partial charge on any atom is 0.337 e. The summed E-state index contributed by atoms with van der Waals surface area (Å²) in [6.07, 6.45) is 1.44. The molecule has 156 valence electrons. The second-order valence-electron chi connectivity index (χ2n) is 6.82. The molecule has 0 amide bonds. The summed E-state index contributed by atoms with van der Waals surface area (Å²) >= 11 is 1.98. The van der Waals surface area contributed by atoms with Crippen LogP contribution in [0, 0.1) is 9.39 Å². The SMILES string of the molecule is CN(C)C=Nc1cc(=O)n(Cc2ccc(CO)cc2)c(=O)n1-c1ccc(I)cc1F. The Morgan fingerprint density at radius 3 is 2.37 bits per heavy atom. The zero-order chi connectivity index (χ0) is 21.8. The first-order chi connectivity index (χ1) is 14.3. The molecule has 0 saturated carbocycles. The molecule has 0 unspecified atom stereocenters. The van der Waals surface area contributed by atoms with E-state index in [0.29, 0.717) is 9.13 Å². The van der Waals surface area contributed by atoms with Gasteiger partial charge in [0.15, 0.2) is 0 Å². The Hall–Kier alpha value is -2.79. The quantitative estimate of drug-likeness (QED) is 0.307. The first kappa shape index (κ1) is 21.9. The van der Waals surface area contributed by atoms with Gasteiger partial charge in [-0.05, 0) is 51.9 Å². The number of benzene rings is 2. The molecule has 1 N–H and O–H groups in total. The topological polar surface area (TPSA) is 79.8 Å². The Kier molecular flexibility index (Phi) is 6.83. The number of aliphatic hydroxyl groups is 1. The van der Waals surface area contributed by atoms with Crippen LogP contribution in [-0.2, 0) is 13.2 Å². The van der Waals surface area contributed by atoms with E-state index in [1.165, 1.54) is 24.5 Å². The molecular weight excluding hydrogens is 502 g/mol. The van der Waals surface area contributed by atoms with Crippen LogP contribution < -0.4 is 11.2 Å². The summed E-state index contributed by atoms with van der Waals surface area (Å²) in [4.78, 5) is 31.8. The van der Waals surface area contributed by atoms with Gasteiger partial charge in [0.1, 0.15) is 11.6 Å². The van der Waals surface area contributed by atoms with Crippen LogP contribution in [0.3, 0.4) is 0 Å². The van der Waals surface area contributed by atoms with Gasteiger partial charge in [0, 0.05) is 23.7 Å². The average Bonchev–Trinajstić information content (AvgIpc) is 2.71. The molecule has 0 atom stereocenters. The van der Waals surface area contributed by atoms with Gasteiger partial charge in [-0.25, -0.2) is 18.7 Å². The van der Waals surface area contributed by atoms with Crippen LogP contribution in [0.25, 0.3) is 5.69 Å². The smallest absolute Gasteiger partial charge is 0.337 e. The number of nitrogens with zero attached hydrogens (tertiary/aromatic N) is 4. The van der Waals surface area contributed by atoms with Gasteiger partial charge < -0.3 is 10.0 Å². The van der Waals surface area contributed by atoms with Crippen LogP contribution in [0.2, 0.25) is 0 Å². The minimum Gasteiger partial charge on any atom is -0.392 e. The van der Waals surface area contributed by atoms with Crippen molar-refractivity contribution in [1.29, 1.82) is 0 Å². The van der Waals surface area contributed by atoms with E-state index in [1.807, 2.05) is 22.6 Å². The van der Waals surface area contributed by atoms with Gasteiger partial charge in [0.25, 0.3) is 5.56 Å². The Balaban J connectivity index is 2.19. The number of aliphatic hydroxyl groups excluding tert-OH is 1. The highest BCUT2D eigenvalue weighted by Gasteiger charge is 2.16. The minimum absolute atomic E-state index is 0.00698. The van der Waals surface area contributed by atoms with Crippen LogP contribution in [-0.4, -0.2) is 39.6 Å². The Morgan fingerprint density at radius 1 is 1.10 bits per heavy atom. The zero-order valence-electron chi connectivity index (χ0n) is 16.4. The fraction of sp³-hybridized carbons (Fsp3) is 0.190. The summed E-state index contributed by atoms with van der Waals surface area (Å²) < 4.78 is 17.5. The number of aromatic nitrogens is 2. The van der Waals surface area contributed by atoms with E-state index in [2.05, 4.69) is 4.99 Å². The lowest BCUT2D eigenvalue weighted by atomic mass is 10.1. The molecule has 0 saturated heterocycles. The summed E-state index contributed by atoms with van der Waals surface area (Å²) in [5, 5.41) is 9.17. The standard InChI is InChI=1S/C21H20FIN4O3/c1-25(2)13-24-19-10-20(29)26(11-14-3-5-15(12-28)6-4-14)21(30)27(19)18-8-7-16(23)9-17(18)22/h3-10,13,28H,11-12H2,1-2H3. The van der Waals surface area contributed by atoms with E-state index in [0.717, 1.165) is 14.7 Å². The van der Waals surface area contributed by atoms with Crippen molar-refractivity contribution < 1.29 is 9.50 Å². The van der Waals surface area contributed by atoms with Crippen molar-refractivity contribution >= 4 is 34.7 Å². The van der Waals surface area contributed by atoms with Crippen molar-refractivity contribution in [2.45, 2.75) is 13.2 Å². The molecule has 3 rings (SSSR count). The normalized spacial score (nSPS) is 11.2. The summed E-state index contributed by atoms with van der Waals surface area (Å²) in [7, 11) is 3.49. The predicted molar refractivity (Wildman–Crippen MR) is 122 cm³/mol. The Morgan fingerprint density at radius 2 is 1.77 bits per heavy atom. The van der Waals surface area contributed by atoms with Crippen molar-refractivity contribution in [3.05, 3.63) is 89.9 Å². The monoisotopic (exact) mass is 522 g/mol. The molecule has 1 aromatic heterocycles. The second-order valence-corrected chi connectivity index (χ2v) is 8.07. The summed E-state index contributed by atoms with van der Waals surface area (Å²) in [5.74, 6) is -0.562. The van der Waals surface area contributed by atoms with E-state index < -0.39 is 17.1 Å². The molecule has 9 heteroatoms. The summed E-state index contributed by atoms with van der Waals surface area (Å²) in [6, 6.07) is 12.6. The third-order valence-corrected chi connectivity index (χ3v) is 4.96. The van der Waals surface area contributed by atoms with Gasteiger partial charge >= 0.3 is 5.69 Å². The zero-order valence-corrected chi connectivity index (χ0v) is 18.6. The fourth-order valence-corrected chi connectivity index (χ4v) is 3.26. The van der Waals surface area contributed by atoms with Gasteiger partial charge in [0.05, 0.1) is 25.2 Å². The molecule has 30 heavy (non-hydrogen) atoms. The van der Waals surface area contributed by atoms with Gasteiger partial charge in [-0.3, -0.25) is 9.36 Å². The second kappa shape index (κ2) is 9.35. The van der Waals surface area contributed by atoms with Gasteiger partial charge in [0.2, 0.25) is 0 Å². The third-order valence-electron chi connectivity index (χ3n) is 4.29. The number of hydrogen-bond donors (Lipinski definition) is 1. The Labute approximate surface area is 185 Å². The molecule has 0 bridgehead atoms. The maximum atomic E-state index is 14.7. The van der Waals surface area contributed by atoms with Crippen molar-refractivity contribution in [1.82, 2.24) is 14.0 Å². The molecule has 1 heterocycles. The highest BCUT2D eigenvalue weighted by molar-refractivity contribution is 14.1.